The van der Waals surface area contributed by atoms with Crippen molar-refractivity contribution in [1.29, 1.82) is 0 Å². The maximum absolute atomic E-state index is 11.8. The van der Waals surface area contributed by atoms with Crippen LogP contribution in [0.4, 0.5) is 5.88 Å². The standard InChI is InChI=1S/C16H17N3O3/c20-13-5-3-4-12(10-13)16(21)18-17-11-14-6-7-15(22-14)19-8-1-2-9-19/h3-7,10-11,20H,1-2,8-9H2,(H,18,21)/b17-11+. The summed E-state index contributed by atoms with van der Waals surface area (Å²) in [6.07, 6.45) is 3.83. The largest absolute Gasteiger partial charge is 0.508 e. The summed E-state index contributed by atoms with van der Waals surface area (Å²) in [5, 5.41) is 13.2. The highest BCUT2D eigenvalue weighted by Crippen LogP contribution is 2.21. The van der Waals surface area contributed by atoms with Gasteiger partial charge in [0.05, 0.1) is 6.21 Å². The molecule has 1 fully saturated rings. The van der Waals surface area contributed by atoms with Crippen LogP contribution in [0.15, 0.2) is 45.9 Å². The number of phenols is 1. The number of phenolic OH excluding ortho intramolecular Hbond substituents is 1. The molecule has 0 spiro atoms. The van der Waals surface area contributed by atoms with Crippen molar-refractivity contribution >= 4 is 18.0 Å². The maximum atomic E-state index is 11.8. The molecule has 1 aliphatic heterocycles. The molecule has 1 amide bonds. The summed E-state index contributed by atoms with van der Waals surface area (Å²) >= 11 is 0. The molecule has 3 rings (SSSR count). The van der Waals surface area contributed by atoms with E-state index in [-0.39, 0.29) is 5.75 Å². The van der Waals surface area contributed by atoms with Crippen molar-refractivity contribution in [2.45, 2.75) is 12.8 Å². The second-order valence-electron chi connectivity index (χ2n) is 5.12. The van der Waals surface area contributed by atoms with E-state index >= 15 is 0 Å². The van der Waals surface area contributed by atoms with Gasteiger partial charge in [0.25, 0.3) is 5.91 Å². The molecule has 0 atom stereocenters. The van der Waals surface area contributed by atoms with Gasteiger partial charge >= 0.3 is 0 Å². The predicted molar refractivity (Wildman–Crippen MR) is 83.3 cm³/mol. The lowest BCUT2D eigenvalue weighted by molar-refractivity contribution is 0.0954. The Bertz CT molecular complexity index is 687. The number of carbonyl (C=O) groups excluding carboxylic acids is 1. The Morgan fingerprint density at radius 2 is 2.09 bits per heavy atom. The Labute approximate surface area is 128 Å². The molecule has 6 heteroatoms. The fourth-order valence-corrected chi connectivity index (χ4v) is 2.39. The lowest BCUT2D eigenvalue weighted by Gasteiger charge is -2.12. The summed E-state index contributed by atoms with van der Waals surface area (Å²) in [5.41, 5.74) is 2.74. The number of aromatic hydroxyl groups is 1. The molecule has 22 heavy (non-hydrogen) atoms. The van der Waals surface area contributed by atoms with Gasteiger partial charge in [-0.05, 0) is 37.1 Å². The summed E-state index contributed by atoms with van der Waals surface area (Å²) in [5.74, 6) is 1.06. The Hall–Kier alpha value is -2.76. The quantitative estimate of drug-likeness (QED) is 0.671. The minimum atomic E-state index is -0.390. The highest BCUT2D eigenvalue weighted by atomic mass is 16.4. The second-order valence-corrected chi connectivity index (χ2v) is 5.12. The molecule has 1 aromatic carbocycles. The molecule has 0 radical (unpaired) electrons. The van der Waals surface area contributed by atoms with Gasteiger partial charge in [-0.3, -0.25) is 4.79 Å². The number of amides is 1. The maximum Gasteiger partial charge on any atom is 0.271 e. The van der Waals surface area contributed by atoms with Gasteiger partial charge in [0.2, 0.25) is 0 Å². The van der Waals surface area contributed by atoms with Gasteiger partial charge in [-0.1, -0.05) is 6.07 Å². The minimum absolute atomic E-state index is 0.0397. The van der Waals surface area contributed by atoms with Crippen LogP contribution in [0.25, 0.3) is 0 Å². The van der Waals surface area contributed by atoms with E-state index in [9.17, 15) is 9.90 Å². The van der Waals surface area contributed by atoms with Crippen LogP contribution < -0.4 is 10.3 Å². The van der Waals surface area contributed by atoms with E-state index in [0.29, 0.717) is 11.3 Å². The predicted octanol–water partition coefficient (Wildman–Crippen LogP) is 2.35. The monoisotopic (exact) mass is 299 g/mol. The van der Waals surface area contributed by atoms with Crippen LogP contribution in [0, 0.1) is 0 Å². The zero-order valence-corrected chi connectivity index (χ0v) is 12.0. The van der Waals surface area contributed by atoms with E-state index in [4.69, 9.17) is 4.42 Å². The van der Waals surface area contributed by atoms with Gasteiger partial charge in [0.1, 0.15) is 11.5 Å². The minimum Gasteiger partial charge on any atom is -0.508 e. The molecular weight excluding hydrogens is 282 g/mol. The molecule has 2 heterocycles. The van der Waals surface area contributed by atoms with E-state index < -0.39 is 5.91 Å². The normalized spacial score (nSPS) is 14.6. The van der Waals surface area contributed by atoms with Gasteiger partial charge in [-0.15, -0.1) is 0 Å². The SMILES string of the molecule is O=C(N/N=C/c1ccc(N2CCCC2)o1)c1cccc(O)c1. The van der Waals surface area contributed by atoms with Crippen LogP contribution in [-0.4, -0.2) is 30.3 Å². The molecule has 114 valence electrons. The molecule has 1 saturated heterocycles. The Morgan fingerprint density at radius 3 is 2.86 bits per heavy atom. The van der Waals surface area contributed by atoms with Gasteiger partial charge in [0.15, 0.2) is 5.88 Å². The number of nitrogens with one attached hydrogen (secondary N) is 1. The first kappa shape index (κ1) is 14.2. The average Bonchev–Trinajstić information content (AvgIpc) is 3.18. The summed E-state index contributed by atoms with van der Waals surface area (Å²) in [4.78, 5) is 14.0. The van der Waals surface area contributed by atoms with E-state index in [2.05, 4.69) is 15.4 Å². The van der Waals surface area contributed by atoms with Crippen molar-refractivity contribution in [2.75, 3.05) is 18.0 Å². The first-order valence-corrected chi connectivity index (χ1v) is 7.19. The molecule has 1 aliphatic rings. The molecule has 2 aromatic rings. The van der Waals surface area contributed by atoms with Crippen LogP contribution in [0.2, 0.25) is 0 Å². The van der Waals surface area contributed by atoms with Crippen LogP contribution >= 0.6 is 0 Å². The summed E-state index contributed by atoms with van der Waals surface area (Å²) in [6, 6.07) is 9.80. The summed E-state index contributed by atoms with van der Waals surface area (Å²) in [6.45, 7) is 2.02. The first-order valence-electron chi connectivity index (χ1n) is 7.19. The summed E-state index contributed by atoms with van der Waals surface area (Å²) in [7, 11) is 0. The Balaban J connectivity index is 1.59. The topological polar surface area (TPSA) is 78.1 Å². The van der Waals surface area contributed by atoms with Gasteiger partial charge in [-0.2, -0.15) is 5.10 Å². The van der Waals surface area contributed by atoms with Crippen molar-refractivity contribution in [3.8, 4) is 5.75 Å². The molecule has 0 saturated carbocycles. The van der Waals surface area contributed by atoms with Crippen LogP contribution in [0.1, 0.15) is 29.0 Å². The number of benzene rings is 1. The van der Waals surface area contributed by atoms with Crippen molar-refractivity contribution in [1.82, 2.24) is 5.43 Å². The molecule has 0 bridgehead atoms. The molecular formula is C16H17N3O3. The number of hydrogen-bond donors (Lipinski definition) is 2. The molecule has 0 aliphatic carbocycles. The van der Waals surface area contributed by atoms with Crippen molar-refractivity contribution in [3.63, 3.8) is 0 Å². The number of anilines is 1. The van der Waals surface area contributed by atoms with E-state index in [1.807, 2.05) is 12.1 Å². The van der Waals surface area contributed by atoms with E-state index in [0.717, 1.165) is 19.0 Å². The van der Waals surface area contributed by atoms with Gasteiger partial charge in [0, 0.05) is 24.7 Å². The Kier molecular flexibility index (Phi) is 4.09. The Morgan fingerprint density at radius 1 is 1.27 bits per heavy atom. The summed E-state index contributed by atoms with van der Waals surface area (Å²) < 4.78 is 5.66. The zero-order valence-electron chi connectivity index (χ0n) is 12.0. The molecule has 2 N–H and O–H groups in total. The number of hydrazone groups is 1. The van der Waals surface area contributed by atoms with E-state index in [1.54, 1.807) is 12.1 Å². The van der Waals surface area contributed by atoms with Gasteiger partial charge in [-0.25, -0.2) is 5.43 Å². The van der Waals surface area contributed by atoms with Crippen LogP contribution in [-0.2, 0) is 0 Å². The van der Waals surface area contributed by atoms with Gasteiger partial charge < -0.3 is 14.4 Å². The van der Waals surface area contributed by atoms with Crippen LogP contribution in [0.3, 0.4) is 0 Å². The lowest BCUT2D eigenvalue weighted by Crippen LogP contribution is -2.17. The highest BCUT2D eigenvalue weighted by molar-refractivity contribution is 5.95. The third kappa shape index (κ3) is 3.28. The first-order chi connectivity index (χ1) is 10.7. The molecule has 0 unspecified atom stereocenters. The number of furan rings is 1. The van der Waals surface area contributed by atoms with Crippen molar-refractivity contribution in [2.24, 2.45) is 5.10 Å². The third-order valence-corrected chi connectivity index (χ3v) is 3.50. The number of rotatable bonds is 4. The zero-order chi connectivity index (χ0) is 15.4. The number of hydrogen-bond acceptors (Lipinski definition) is 5. The third-order valence-electron chi connectivity index (χ3n) is 3.50. The highest BCUT2D eigenvalue weighted by Gasteiger charge is 2.15. The number of nitrogens with zero attached hydrogens (tertiary/aromatic N) is 2. The molecule has 1 aromatic heterocycles. The fourth-order valence-electron chi connectivity index (χ4n) is 2.39. The molecule has 6 nitrogen and oxygen atoms in total. The fraction of sp³-hybridized carbons (Fsp3) is 0.250. The number of carbonyl (C=O) groups is 1. The van der Waals surface area contributed by atoms with E-state index in [1.165, 1.54) is 31.2 Å². The smallest absolute Gasteiger partial charge is 0.271 e. The van der Waals surface area contributed by atoms with Crippen molar-refractivity contribution in [3.05, 3.63) is 47.7 Å². The second kappa shape index (κ2) is 6.34. The van der Waals surface area contributed by atoms with Crippen LogP contribution in [0.5, 0.6) is 5.75 Å². The van der Waals surface area contributed by atoms with Crippen molar-refractivity contribution < 1.29 is 14.3 Å². The average molecular weight is 299 g/mol. The lowest BCUT2D eigenvalue weighted by atomic mass is 10.2.